The highest BCUT2D eigenvalue weighted by molar-refractivity contribution is 8.01. The highest BCUT2D eigenvalue weighted by Crippen LogP contribution is 2.36. The van der Waals surface area contributed by atoms with Crippen LogP contribution < -0.4 is 4.74 Å². The van der Waals surface area contributed by atoms with Crippen molar-refractivity contribution in [1.82, 2.24) is 4.31 Å². The van der Waals surface area contributed by atoms with Gasteiger partial charge in [-0.2, -0.15) is 4.31 Å². The second-order valence-corrected chi connectivity index (χ2v) is 8.18. The molecule has 3 rings (SSSR count). The van der Waals surface area contributed by atoms with Crippen LogP contribution in [-0.2, 0) is 21.2 Å². The predicted molar refractivity (Wildman–Crippen MR) is 78.0 cm³/mol. The van der Waals surface area contributed by atoms with Crippen LogP contribution in [0.4, 0.5) is 0 Å². The van der Waals surface area contributed by atoms with E-state index < -0.39 is 22.0 Å². The molecule has 0 aliphatic carbocycles. The number of rotatable bonds is 3. The Hall–Kier alpha value is -1.25. The Morgan fingerprint density at radius 2 is 2.24 bits per heavy atom. The lowest BCUT2D eigenvalue weighted by Gasteiger charge is -2.24. The van der Waals surface area contributed by atoms with Gasteiger partial charge >= 0.3 is 5.97 Å². The highest BCUT2D eigenvalue weighted by Gasteiger charge is 2.44. The third kappa shape index (κ3) is 2.41. The molecule has 0 spiro atoms. The van der Waals surface area contributed by atoms with E-state index in [4.69, 9.17) is 4.74 Å². The molecule has 114 valence electrons. The SMILES string of the molecule is CC1SCC(C(=O)O)N1S(=O)(=O)c1ccc2c(c1)CCO2. The van der Waals surface area contributed by atoms with Crippen molar-refractivity contribution in [1.29, 1.82) is 0 Å². The Bertz CT molecular complexity index is 688. The lowest BCUT2D eigenvalue weighted by Crippen LogP contribution is -2.44. The van der Waals surface area contributed by atoms with E-state index in [1.54, 1.807) is 19.1 Å². The molecule has 1 aromatic carbocycles. The Balaban J connectivity index is 2.01. The number of sulfonamides is 1. The fourth-order valence-corrected chi connectivity index (χ4v) is 5.96. The van der Waals surface area contributed by atoms with Crippen LogP contribution in [0, 0.1) is 0 Å². The van der Waals surface area contributed by atoms with Gasteiger partial charge < -0.3 is 9.84 Å². The molecule has 1 aromatic rings. The van der Waals surface area contributed by atoms with Crippen molar-refractivity contribution in [2.75, 3.05) is 12.4 Å². The van der Waals surface area contributed by atoms with E-state index in [-0.39, 0.29) is 16.0 Å². The minimum Gasteiger partial charge on any atom is -0.493 e. The molecule has 0 radical (unpaired) electrons. The van der Waals surface area contributed by atoms with Crippen LogP contribution in [0.15, 0.2) is 23.1 Å². The lowest BCUT2D eigenvalue weighted by atomic mass is 10.2. The van der Waals surface area contributed by atoms with E-state index in [2.05, 4.69) is 0 Å². The second-order valence-electron chi connectivity index (χ2n) is 4.99. The molecule has 1 N–H and O–H groups in total. The van der Waals surface area contributed by atoms with Gasteiger partial charge in [-0.15, -0.1) is 11.8 Å². The molecule has 2 aliphatic heterocycles. The van der Waals surface area contributed by atoms with Crippen molar-refractivity contribution in [3.8, 4) is 5.75 Å². The number of carbonyl (C=O) groups is 1. The van der Waals surface area contributed by atoms with Crippen LogP contribution in [-0.4, -0.2) is 47.6 Å². The van der Waals surface area contributed by atoms with Gasteiger partial charge in [0.05, 0.1) is 16.9 Å². The fourth-order valence-electron chi connectivity index (χ4n) is 2.62. The molecule has 21 heavy (non-hydrogen) atoms. The van der Waals surface area contributed by atoms with E-state index in [1.165, 1.54) is 17.8 Å². The molecule has 0 bridgehead atoms. The van der Waals surface area contributed by atoms with E-state index in [0.717, 1.165) is 9.87 Å². The molecule has 0 saturated carbocycles. The first-order chi connectivity index (χ1) is 9.91. The number of fused-ring (bicyclic) bond motifs is 1. The zero-order chi connectivity index (χ0) is 15.2. The Labute approximate surface area is 127 Å². The lowest BCUT2D eigenvalue weighted by molar-refractivity contribution is -0.140. The summed E-state index contributed by atoms with van der Waals surface area (Å²) in [4.78, 5) is 11.4. The van der Waals surface area contributed by atoms with E-state index in [0.29, 0.717) is 18.8 Å². The van der Waals surface area contributed by atoms with Crippen molar-refractivity contribution in [3.63, 3.8) is 0 Å². The van der Waals surface area contributed by atoms with Gasteiger partial charge in [-0.3, -0.25) is 4.79 Å². The second kappa shape index (κ2) is 5.19. The monoisotopic (exact) mass is 329 g/mol. The number of nitrogens with zero attached hydrogens (tertiary/aromatic N) is 1. The Kier molecular flexibility index (Phi) is 3.62. The van der Waals surface area contributed by atoms with Gasteiger partial charge in [0.1, 0.15) is 11.8 Å². The van der Waals surface area contributed by atoms with Crippen LogP contribution in [0.5, 0.6) is 5.75 Å². The molecule has 2 heterocycles. The Morgan fingerprint density at radius 1 is 1.48 bits per heavy atom. The average Bonchev–Trinajstić information content (AvgIpc) is 3.03. The molecular weight excluding hydrogens is 314 g/mol. The summed E-state index contributed by atoms with van der Waals surface area (Å²) in [6.07, 6.45) is 0.672. The summed E-state index contributed by atoms with van der Waals surface area (Å²) in [6, 6.07) is 3.69. The first-order valence-electron chi connectivity index (χ1n) is 6.55. The quantitative estimate of drug-likeness (QED) is 0.896. The first kappa shape index (κ1) is 14.7. The smallest absolute Gasteiger partial charge is 0.322 e. The number of thioether (sulfide) groups is 1. The summed E-state index contributed by atoms with van der Waals surface area (Å²) >= 11 is 1.33. The topological polar surface area (TPSA) is 83.9 Å². The molecule has 8 heteroatoms. The predicted octanol–water partition coefficient (Wildman–Crippen LogP) is 1.16. The van der Waals surface area contributed by atoms with E-state index >= 15 is 0 Å². The van der Waals surface area contributed by atoms with Gasteiger partial charge in [0.15, 0.2) is 0 Å². The van der Waals surface area contributed by atoms with Crippen molar-refractivity contribution >= 4 is 27.8 Å². The Morgan fingerprint density at radius 3 is 2.95 bits per heavy atom. The van der Waals surface area contributed by atoms with Crippen molar-refractivity contribution in [2.45, 2.75) is 29.7 Å². The van der Waals surface area contributed by atoms with Gasteiger partial charge in [0, 0.05) is 12.2 Å². The van der Waals surface area contributed by atoms with E-state index in [1.807, 2.05) is 0 Å². The number of benzene rings is 1. The van der Waals surface area contributed by atoms with Crippen LogP contribution in [0.1, 0.15) is 12.5 Å². The molecular formula is C13H15NO5S2. The summed E-state index contributed by atoms with van der Waals surface area (Å²) < 4.78 is 32.0. The minimum atomic E-state index is -3.83. The van der Waals surface area contributed by atoms with E-state index in [9.17, 15) is 18.3 Å². The van der Waals surface area contributed by atoms with Crippen LogP contribution in [0.2, 0.25) is 0 Å². The average molecular weight is 329 g/mol. The van der Waals surface area contributed by atoms with Crippen molar-refractivity contribution in [2.24, 2.45) is 0 Å². The summed E-state index contributed by atoms with van der Waals surface area (Å²) in [5.41, 5.74) is 0.849. The maximum atomic E-state index is 12.8. The van der Waals surface area contributed by atoms with Crippen LogP contribution in [0.25, 0.3) is 0 Å². The molecule has 2 unspecified atom stereocenters. The van der Waals surface area contributed by atoms with Crippen molar-refractivity contribution in [3.05, 3.63) is 23.8 Å². The first-order valence-corrected chi connectivity index (χ1v) is 9.04. The van der Waals surface area contributed by atoms with Gasteiger partial charge in [-0.05, 0) is 30.7 Å². The number of aliphatic carboxylic acids is 1. The molecule has 2 aliphatic rings. The summed E-state index contributed by atoms with van der Waals surface area (Å²) in [5.74, 6) is -0.142. The maximum Gasteiger partial charge on any atom is 0.322 e. The zero-order valence-electron chi connectivity index (χ0n) is 11.4. The number of carboxylic acid groups (broad SMARTS) is 1. The molecule has 0 aromatic heterocycles. The summed E-state index contributed by atoms with van der Waals surface area (Å²) in [7, 11) is -3.83. The summed E-state index contributed by atoms with van der Waals surface area (Å²) in [5, 5.41) is 8.84. The summed E-state index contributed by atoms with van der Waals surface area (Å²) in [6.45, 7) is 2.26. The van der Waals surface area contributed by atoms with Crippen LogP contribution in [0.3, 0.4) is 0 Å². The highest BCUT2D eigenvalue weighted by atomic mass is 32.2. The molecule has 1 saturated heterocycles. The van der Waals surface area contributed by atoms with Gasteiger partial charge in [0.25, 0.3) is 0 Å². The number of carboxylic acids is 1. The standard InChI is InChI=1S/C13H15NO5S2/c1-8-14(11(7-20-8)13(15)16)21(17,18)10-2-3-12-9(6-10)4-5-19-12/h2-3,6,8,11H,4-5,7H2,1H3,(H,15,16). The van der Waals surface area contributed by atoms with Crippen LogP contribution >= 0.6 is 11.8 Å². The van der Waals surface area contributed by atoms with Gasteiger partial charge in [-0.25, -0.2) is 8.42 Å². The molecule has 6 nitrogen and oxygen atoms in total. The van der Waals surface area contributed by atoms with Gasteiger partial charge in [-0.1, -0.05) is 0 Å². The number of ether oxygens (including phenoxy) is 1. The molecule has 0 amide bonds. The third-order valence-corrected chi connectivity index (χ3v) is 7.01. The largest absolute Gasteiger partial charge is 0.493 e. The molecule has 2 atom stereocenters. The number of hydrogen-bond acceptors (Lipinski definition) is 5. The zero-order valence-corrected chi connectivity index (χ0v) is 13.0. The fraction of sp³-hybridized carbons (Fsp3) is 0.462. The van der Waals surface area contributed by atoms with Gasteiger partial charge in [0.2, 0.25) is 10.0 Å². The molecule has 1 fully saturated rings. The number of hydrogen-bond donors (Lipinski definition) is 1. The normalized spacial score (nSPS) is 25.6. The van der Waals surface area contributed by atoms with Crippen molar-refractivity contribution < 1.29 is 23.1 Å². The third-order valence-electron chi connectivity index (χ3n) is 3.68. The minimum absolute atomic E-state index is 0.132. The maximum absolute atomic E-state index is 12.8.